The molecule has 0 aromatic carbocycles. The summed E-state index contributed by atoms with van der Waals surface area (Å²) in [6.45, 7) is 3.86. The zero-order valence-corrected chi connectivity index (χ0v) is 60.4. The van der Waals surface area contributed by atoms with Gasteiger partial charge in [0.2, 0.25) is 0 Å². The Balaban J connectivity index is 3.72. The minimum Gasteiger partial charge on any atom is -0.462 e. The van der Waals surface area contributed by atoms with Crippen LogP contribution in [0.5, 0.6) is 0 Å². The van der Waals surface area contributed by atoms with Crippen LogP contribution in [0.15, 0.2) is 0 Å². The molecule has 2 unspecified atom stereocenters. The van der Waals surface area contributed by atoms with Crippen LogP contribution in [0.4, 0.5) is 0 Å². The number of esters is 2. The Morgan fingerprint density at radius 2 is 0.489 bits per heavy atom. The number of phosphoric ester groups is 1. The monoisotopic (exact) mass is 1270 g/mol. The molecule has 0 aliphatic carbocycles. The molecular formula is C78H156NO8P. The third-order valence-electron chi connectivity index (χ3n) is 18.7. The van der Waals surface area contributed by atoms with Crippen molar-refractivity contribution in [2.45, 2.75) is 463 Å². The van der Waals surface area contributed by atoms with Crippen LogP contribution in [-0.4, -0.2) is 49.3 Å². The van der Waals surface area contributed by atoms with Crippen molar-refractivity contribution >= 4 is 19.8 Å². The van der Waals surface area contributed by atoms with Gasteiger partial charge in [-0.15, -0.1) is 0 Å². The number of rotatable bonds is 78. The Kier molecular flexibility index (Phi) is 74.2. The van der Waals surface area contributed by atoms with E-state index in [9.17, 15) is 19.0 Å². The first-order valence-corrected chi connectivity index (χ1v) is 41.5. The van der Waals surface area contributed by atoms with Gasteiger partial charge in [0.05, 0.1) is 13.2 Å². The van der Waals surface area contributed by atoms with Gasteiger partial charge in [-0.3, -0.25) is 18.6 Å². The summed E-state index contributed by atoms with van der Waals surface area (Å²) in [5.74, 6) is -0.794. The van der Waals surface area contributed by atoms with E-state index in [0.29, 0.717) is 12.8 Å². The fourth-order valence-electron chi connectivity index (χ4n) is 12.8. The molecule has 0 amide bonds. The minimum absolute atomic E-state index is 0.0590. The Bertz CT molecular complexity index is 1400. The van der Waals surface area contributed by atoms with Crippen molar-refractivity contribution in [3.05, 3.63) is 0 Å². The van der Waals surface area contributed by atoms with Gasteiger partial charge in [-0.1, -0.05) is 431 Å². The number of unbranched alkanes of at least 4 members (excludes halogenated alkanes) is 65. The van der Waals surface area contributed by atoms with Crippen molar-refractivity contribution in [3.8, 4) is 0 Å². The lowest BCUT2D eigenvalue weighted by Crippen LogP contribution is -2.29. The quantitative estimate of drug-likeness (QED) is 0.0347. The summed E-state index contributed by atoms with van der Waals surface area (Å²) in [6.07, 6.45) is 91.2. The Morgan fingerprint density at radius 3 is 0.693 bits per heavy atom. The first-order valence-electron chi connectivity index (χ1n) is 40.0. The lowest BCUT2D eigenvalue weighted by molar-refractivity contribution is -0.161. The fourth-order valence-corrected chi connectivity index (χ4v) is 13.6. The van der Waals surface area contributed by atoms with E-state index in [1.54, 1.807) is 0 Å². The normalized spacial score (nSPS) is 12.7. The first-order chi connectivity index (χ1) is 43.3. The summed E-state index contributed by atoms with van der Waals surface area (Å²) in [4.78, 5) is 35.4. The highest BCUT2D eigenvalue weighted by atomic mass is 31.2. The number of nitrogens with two attached hydrogens (primary N) is 1. The van der Waals surface area contributed by atoms with Crippen molar-refractivity contribution in [1.29, 1.82) is 0 Å². The van der Waals surface area contributed by atoms with E-state index < -0.39 is 26.5 Å². The average molecular weight is 1270 g/mol. The van der Waals surface area contributed by atoms with Gasteiger partial charge in [-0.2, -0.15) is 0 Å². The molecule has 0 radical (unpaired) electrons. The van der Waals surface area contributed by atoms with Crippen LogP contribution in [0.2, 0.25) is 0 Å². The minimum atomic E-state index is -4.39. The second kappa shape index (κ2) is 75.0. The molecule has 0 rings (SSSR count). The van der Waals surface area contributed by atoms with Gasteiger partial charge < -0.3 is 20.1 Å². The van der Waals surface area contributed by atoms with Crippen LogP contribution in [0.1, 0.15) is 457 Å². The molecule has 0 bridgehead atoms. The van der Waals surface area contributed by atoms with Crippen LogP contribution in [0.3, 0.4) is 0 Å². The molecule has 0 saturated carbocycles. The van der Waals surface area contributed by atoms with Gasteiger partial charge in [0.1, 0.15) is 6.61 Å². The van der Waals surface area contributed by atoms with Crippen LogP contribution in [0.25, 0.3) is 0 Å². The van der Waals surface area contributed by atoms with E-state index >= 15 is 0 Å². The number of ether oxygens (including phenoxy) is 2. The number of hydrogen-bond donors (Lipinski definition) is 2. The van der Waals surface area contributed by atoms with E-state index in [1.807, 2.05) is 0 Å². The molecule has 9 nitrogen and oxygen atoms in total. The fraction of sp³-hybridized carbons (Fsp3) is 0.974. The summed E-state index contributed by atoms with van der Waals surface area (Å²) in [5, 5.41) is 0. The van der Waals surface area contributed by atoms with Crippen LogP contribution < -0.4 is 5.73 Å². The van der Waals surface area contributed by atoms with Gasteiger partial charge >= 0.3 is 19.8 Å². The molecule has 0 aromatic rings. The topological polar surface area (TPSA) is 134 Å². The number of carbonyl (C=O) groups excluding carboxylic acids is 2. The Labute approximate surface area is 549 Å². The third-order valence-corrected chi connectivity index (χ3v) is 19.7. The van der Waals surface area contributed by atoms with Gasteiger partial charge in [0.25, 0.3) is 0 Å². The summed E-state index contributed by atoms with van der Waals surface area (Å²) in [7, 11) is -4.39. The summed E-state index contributed by atoms with van der Waals surface area (Å²) < 4.78 is 33.3. The van der Waals surface area contributed by atoms with Crippen LogP contribution >= 0.6 is 7.82 Å². The highest BCUT2D eigenvalue weighted by Gasteiger charge is 2.26. The molecule has 0 saturated heterocycles. The molecule has 0 fully saturated rings. The van der Waals surface area contributed by atoms with Gasteiger partial charge in [-0.25, -0.2) is 4.57 Å². The van der Waals surface area contributed by atoms with Crippen molar-refractivity contribution in [2.24, 2.45) is 5.73 Å². The lowest BCUT2D eigenvalue weighted by Gasteiger charge is -2.19. The molecule has 0 heterocycles. The summed E-state index contributed by atoms with van der Waals surface area (Å²) >= 11 is 0. The van der Waals surface area contributed by atoms with E-state index in [2.05, 4.69) is 13.8 Å². The molecule has 3 N–H and O–H groups in total. The van der Waals surface area contributed by atoms with Gasteiger partial charge in [0, 0.05) is 19.4 Å². The highest BCUT2D eigenvalue weighted by Crippen LogP contribution is 2.43. The average Bonchev–Trinajstić information content (AvgIpc) is 3.71. The van der Waals surface area contributed by atoms with Crippen molar-refractivity contribution < 1.29 is 37.6 Å². The third kappa shape index (κ3) is 74.1. The molecular weight excluding hydrogens is 1110 g/mol. The van der Waals surface area contributed by atoms with Crippen molar-refractivity contribution in [2.75, 3.05) is 26.4 Å². The van der Waals surface area contributed by atoms with E-state index in [0.717, 1.165) is 32.1 Å². The maximum Gasteiger partial charge on any atom is 0.472 e. The summed E-state index contributed by atoms with van der Waals surface area (Å²) in [6, 6.07) is 0. The highest BCUT2D eigenvalue weighted by molar-refractivity contribution is 7.47. The second-order valence-corrected chi connectivity index (χ2v) is 29.1. The summed E-state index contributed by atoms with van der Waals surface area (Å²) in [5.41, 5.74) is 5.42. The van der Waals surface area contributed by atoms with E-state index in [4.69, 9.17) is 24.3 Å². The standard InChI is InChI=1S/C78H156NO8P/c1-3-5-7-9-11-13-15-17-19-21-23-25-27-29-31-33-35-36-37-38-39-41-43-45-47-49-51-53-55-57-59-61-63-65-67-69-71-78(81)87-76(75-86-88(82,83)85-73-72-79)74-84-77(80)70-68-66-64-62-60-58-56-54-52-50-48-46-44-42-40-34-32-30-28-26-24-22-20-18-16-14-12-10-8-6-4-2/h76H,3-75,79H2,1-2H3,(H,82,83). The molecule has 10 heteroatoms. The van der Waals surface area contributed by atoms with Crippen molar-refractivity contribution in [1.82, 2.24) is 0 Å². The predicted octanol–water partition coefficient (Wildman–Crippen LogP) is 26.5. The Hall–Kier alpha value is -0.990. The molecule has 0 aliphatic rings. The lowest BCUT2D eigenvalue weighted by atomic mass is 10.0. The zero-order valence-electron chi connectivity index (χ0n) is 59.5. The molecule has 2 atom stereocenters. The smallest absolute Gasteiger partial charge is 0.462 e. The maximum atomic E-state index is 12.8. The SMILES string of the molecule is CCCCCCCCCCCCCCCCCCCCCCCCCCCCCCCCCCCCCCC(=O)OC(COC(=O)CCCCCCCCCCCCCCCCCCCCCCCCCCCCCCCCC)COP(=O)(O)OCCN. The maximum absolute atomic E-state index is 12.8. The van der Waals surface area contributed by atoms with E-state index in [-0.39, 0.29) is 32.1 Å². The predicted molar refractivity (Wildman–Crippen MR) is 382 cm³/mol. The van der Waals surface area contributed by atoms with Crippen LogP contribution in [0, 0.1) is 0 Å². The second-order valence-electron chi connectivity index (χ2n) is 27.7. The number of hydrogen-bond acceptors (Lipinski definition) is 8. The number of phosphoric acid groups is 1. The molecule has 0 aromatic heterocycles. The molecule has 0 spiro atoms. The van der Waals surface area contributed by atoms with Gasteiger partial charge in [-0.05, 0) is 12.8 Å². The van der Waals surface area contributed by atoms with Gasteiger partial charge in [0.15, 0.2) is 6.10 Å². The number of carbonyl (C=O) groups is 2. The molecule has 0 aliphatic heterocycles. The van der Waals surface area contributed by atoms with E-state index in [1.165, 1.54) is 392 Å². The Morgan fingerprint density at radius 1 is 0.295 bits per heavy atom. The largest absolute Gasteiger partial charge is 0.472 e. The molecule has 526 valence electrons. The zero-order chi connectivity index (χ0) is 63.7. The van der Waals surface area contributed by atoms with Crippen molar-refractivity contribution in [3.63, 3.8) is 0 Å². The molecule has 88 heavy (non-hydrogen) atoms. The van der Waals surface area contributed by atoms with Crippen LogP contribution in [-0.2, 0) is 32.7 Å². The first kappa shape index (κ1) is 87.0.